The molecule has 0 aliphatic carbocycles. The summed E-state index contributed by atoms with van der Waals surface area (Å²) in [5.74, 6) is -2.14. The molecule has 9 heteroatoms. The van der Waals surface area contributed by atoms with Gasteiger partial charge in [0.1, 0.15) is 5.75 Å². The molecule has 142 valence electrons. The number of sulfone groups is 1. The minimum atomic E-state index is -3.49. The summed E-state index contributed by atoms with van der Waals surface area (Å²) < 4.78 is 32.9. The highest BCUT2D eigenvalue weighted by molar-refractivity contribution is 7.90. The zero-order chi connectivity index (χ0) is 20.0. The predicted octanol–water partition coefficient (Wildman–Crippen LogP) is 1.21. The summed E-state index contributed by atoms with van der Waals surface area (Å²) in [6.07, 6.45) is 1.01. The molecule has 0 fully saturated rings. The molecule has 0 atom stereocenters. The molecule has 2 amide bonds. The summed E-state index contributed by atoms with van der Waals surface area (Å²) >= 11 is 0. The number of amides is 2. The Bertz CT molecular complexity index is 983. The molecule has 2 aromatic carbocycles. The van der Waals surface area contributed by atoms with Gasteiger partial charge in [0, 0.05) is 6.26 Å². The van der Waals surface area contributed by atoms with Gasteiger partial charge in [-0.1, -0.05) is 18.2 Å². The lowest BCUT2D eigenvalue weighted by atomic mass is 10.2. The molecule has 0 saturated carbocycles. The highest BCUT2D eigenvalue weighted by atomic mass is 32.2. The fourth-order valence-corrected chi connectivity index (χ4v) is 2.80. The summed E-state index contributed by atoms with van der Waals surface area (Å²) in [5, 5.41) is 2.08. The number of para-hydroxylation sites is 1. The van der Waals surface area contributed by atoms with Crippen molar-refractivity contribution in [2.75, 3.05) is 20.0 Å². The Labute approximate surface area is 156 Å². The number of carbonyl (C=O) groups excluding carboxylic acids is 3. The van der Waals surface area contributed by atoms with Crippen LogP contribution in [0.3, 0.4) is 0 Å². The van der Waals surface area contributed by atoms with Crippen molar-refractivity contribution >= 4 is 27.6 Å². The van der Waals surface area contributed by atoms with E-state index in [9.17, 15) is 22.8 Å². The number of hydrogen-bond acceptors (Lipinski definition) is 7. The molecular weight excluding hydrogens is 374 g/mol. The molecule has 2 rings (SSSR count). The molecule has 0 bridgehead atoms. The Morgan fingerprint density at radius 1 is 1.04 bits per heavy atom. The van der Waals surface area contributed by atoms with Gasteiger partial charge in [-0.2, -0.15) is 0 Å². The van der Waals surface area contributed by atoms with Gasteiger partial charge >= 0.3 is 5.97 Å². The van der Waals surface area contributed by atoms with Gasteiger partial charge in [0.2, 0.25) is 0 Å². The first-order valence-corrected chi connectivity index (χ1v) is 9.56. The average molecular weight is 391 g/mol. The highest BCUT2D eigenvalue weighted by Crippen LogP contribution is 2.16. The van der Waals surface area contributed by atoms with Gasteiger partial charge in [-0.25, -0.2) is 13.2 Å². The third kappa shape index (κ3) is 5.38. The summed E-state index contributed by atoms with van der Waals surface area (Å²) in [7, 11) is -2.10. The van der Waals surface area contributed by atoms with Crippen LogP contribution in [0, 0.1) is 0 Å². The van der Waals surface area contributed by atoms with Gasteiger partial charge in [-0.05, 0) is 30.3 Å². The van der Waals surface area contributed by atoms with Crippen molar-refractivity contribution in [2.24, 2.45) is 0 Å². The van der Waals surface area contributed by atoms with Gasteiger partial charge in [0.05, 0.1) is 23.1 Å². The topological polar surface area (TPSA) is 116 Å². The Morgan fingerprint density at radius 3 is 2.41 bits per heavy atom. The lowest BCUT2D eigenvalue weighted by Gasteiger charge is -2.09. The summed E-state index contributed by atoms with van der Waals surface area (Å²) in [6.45, 7) is -0.706. The van der Waals surface area contributed by atoms with Crippen molar-refractivity contribution in [3.8, 4) is 5.75 Å². The van der Waals surface area contributed by atoms with Gasteiger partial charge < -0.3 is 9.47 Å². The van der Waals surface area contributed by atoms with Crippen LogP contribution in [-0.4, -0.2) is 46.2 Å². The van der Waals surface area contributed by atoms with Gasteiger partial charge in [0.25, 0.3) is 11.8 Å². The molecule has 0 aliphatic heterocycles. The van der Waals surface area contributed by atoms with Crippen LogP contribution in [0.25, 0.3) is 0 Å². The number of hydrogen-bond donors (Lipinski definition) is 1. The van der Waals surface area contributed by atoms with Crippen LogP contribution in [0.4, 0.5) is 0 Å². The van der Waals surface area contributed by atoms with E-state index in [-0.39, 0.29) is 21.8 Å². The normalized spacial score (nSPS) is 10.7. The molecule has 8 nitrogen and oxygen atoms in total. The third-order valence-corrected chi connectivity index (χ3v) is 4.55. The fourth-order valence-electron chi connectivity index (χ4n) is 2.13. The van der Waals surface area contributed by atoms with Gasteiger partial charge in [-0.3, -0.25) is 14.9 Å². The highest BCUT2D eigenvalue weighted by Gasteiger charge is 2.17. The van der Waals surface area contributed by atoms with E-state index in [2.05, 4.69) is 5.32 Å². The maximum atomic E-state index is 12.1. The Balaban J connectivity index is 1.97. The molecule has 2 aromatic rings. The van der Waals surface area contributed by atoms with Crippen molar-refractivity contribution in [3.63, 3.8) is 0 Å². The molecule has 0 aliphatic rings. The van der Waals surface area contributed by atoms with Gasteiger partial charge in [0.15, 0.2) is 16.4 Å². The second-order valence-electron chi connectivity index (χ2n) is 5.45. The Morgan fingerprint density at radius 2 is 1.74 bits per heavy atom. The molecule has 0 unspecified atom stereocenters. The van der Waals surface area contributed by atoms with Crippen LogP contribution in [0.5, 0.6) is 5.75 Å². The number of nitrogens with one attached hydrogen (secondary N) is 1. The Hall–Kier alpha value is -3.20. The maximum absolute atomic E-state index is 12.1. The number of benzene rings is 2. The van der Waals surface area contributed by atoms with E-state index < -0.39 is 34.2 Å². The molecule has 0 radical (unpaired) electrons. The van der Waals surface area contributed by atoms with E-state index >= 15 is 0 Å². The van der Waals surface area contributed by atoms with Crippen LogP contribution in [0.2, 0.25) is 0 Å². The monoisotopic (exact) mass is 391 g/mol. The van der Waals surface area contributed by atoms with E-state index in [0.29, 0.717) is 0 Å². The zero-order valence-electron chi connectivity index (χ0n) is 14.6. The largest absolute Gasteiger partial charge is 0.496 e. The van der Waals surface area contributed by atoms with Crippen LogP contribution < -0.4 is 10.1 Å². The molecule has 0 saturated heterocycles. The molecule has 1 N–H and O–H groups in total. The first-order chi connectivity index (χ1) is 12.7. The van der Waals surface area contributed by atoms with E-state index in [4.69, 9.17) is 9.47 Å². The minimum Gasteiger partial charge on any atom is -0.496 e. The van der Waals surface area contributed by atoms with Gasteiger partial charge in [-0.15, -0.1) is 0 Å². The summed E-state index contributed by atoms with van der Waals surface area (Å²) in [4.78, 5) is 35.9. The quantitative estimate of drug-likeness (QED) is 0.736. The van der Waals surface area contributed by atoms with Crippen LogP contribution in [0.1, 0.15) is 20.7 Å². The van der Waals surface area contributed by atoms with Crippen LogP contribution in [0.15, 0.2) is 53.4 Å². The second-order valence-corrected chi connectivity index (χ2v) is 7.47. The number of rotatable bonds is 6. The van der Waals surface area contributed by atoms with Crippen molar-refractivity contribution in [2.45, 2.75) is 4.90 Å². The summed E-state index contributed by atoms with van der Waals surface area (Å²) in [5.41, 5.74) is 0.127. The smallest absolute Gasteiger partial charge is 0.338 e. The molecular formula is C18H17NO7S. The molecule has 0 heterocycles. The minimum absolute atomic E-state index is 0.0261. The first kappa shape index (κ1) is 20.1. The van der Waals surface area contributed by atoms with E-state index in [1.165, 1.54) is 31.4 Å². The van der Waals surface area contributed by atoms with E-state index in [0.717, 1.165) is 12.3 Å². The zero-order valence-corrected chi connectivity index (χ0v) is 15.4. The van der Waals surface area contributed by atoms with Crippen molar-refractivity contribution in [1.29, 1.82) is 0 Å². The number of carbonyl (C=O) groups is 3. The van der Waals surface area contributed by atoms with Crippen molar-refractivity contribution < 1.29 is 32.3 Å². The van der Waals surface area contributed by atoms with Crippen molar-refractivity contribution in [3.05, 3.63) is 59.7 Å². The lowest BCUT2D eigenvalue weighted by molar-refractivity contribution is -0.123. The predicted molar refractivity (Wildman–Crippen MR) is 95.3 cm³/mol. The maximum Gasteiger partial charge on any atom is 0.338 e. The standard InChI is InChI=1S/C18H17NO7S/c1-25-15-9-4-3-8-14(15)17(21)19-16(20)11-26-18(22)12-6-5-7-13(10-12)27(2,23)24/h3-10H,11H2,1-2H3,(H,19,20,21). The fraction of sp³-hybridized carbons (Fsp3) is 0.167. The molecule has 0 aromatic heterocycles. The molecule has 27 heavy (non-hydrogen) atoms. The van der Waals surface area contributed by atoms with E-state index in [1.54, 1.807) is 18.2 Å². The number of ether oxygens (including phenoxy) is 2. The number of methoxy groups -OCH3 is 1. The average Bonchev–Trinajstić information content (AvgIpc) is 2.65. The number of imide groups is 1. The summed E-state index contributed by atoms with van der Waals surface area (Å²) in [6, 6.07) is 11.5. The number of esters is 1. The SMILES string of the molecule is COc1ccccc1C(=O)NC(=O)COC(=O)c1cccc(S(C)(=O)=O)c1. The molecule has 0 spiro atoms. The lowest BCUT2D eigenvalue weighted by Crippen LogP contribution is -2.34. The first-order valence-electron chi connectivity index (χ1n) is 7.67. The van der Waals surface area contributed by atoms with Crippen LogP contribution >= 0.6 is 0 Å². The van der Waals surface area contributed by atoms with Crippen LogP contribution in [-0.2, 0) is 19.4 Å². The third-order valence-electron chi connectivity index (χ3n) is 3.44. The van der Waals surface area contributed by atoms with Crippen molar-refractivity contribution in [1.82, 2.24) is 5.32 Å². The second kappa shape index (κ2) is 8.45. The van der Waals surface area contributed by atoms with E-state index in [1.807, 2.05) is 0 Å². The Kier molecular flexibility index (Phi) is 6.30.